The molecule has 0 saturated carbocycles. The molecule has 0 aliphatic heterocycles. The Morgan fingerprint density at radius 2 is 1.71 bits per heavy atom. The molecule has 0 aromatic heterocycles. The van der Waals surface area contributed by atoms with Crippen molar-refractivity contribution in [1.29, 1.82) is 0 Å². The number of hydrogen-bond donors (Lipinski definition) is 1. The van der Waals surface area contributed by atoms with Crippen LogP contribution in [-0.2, 0) is 4.79 Å². The number of methoxy groups -OCH3 is 2. The number of carbonyl (C=O) groups is 1. The Labute approximate surface area is 142 Å². The van der Waals surface area contributed by atoms with Crippen LogP contribution in [0.1, 0.15) is 18.1 Å². The molecule has 0 unspecified atom stereocenters. The van der Waals surface area contributed by atoms with Crippen molar-refractivity contribution in [2.75, 3.05) is 19.5 Å². The van der Waals surface area contributed by atoms with Gasteiger partial charge in [0.2, 0.25) is 0 Å². The fraction of sp³-hybridized carbons (Fsp3) is 0.316. The van der Waals surface area contributed by atoms with Crippen LogP contribution in [0, 0.1) is 13.8 Å². The maximum atomic E-state index is 12.4. The fourth-order valence-corrected chi connectivity index (χ4v) is 2.25. The van der Waals surface area contributed by atoms with Crippen LogP contribution in [-0.4, -0.2) is 26.2 Å². The summed E-state index contributed by atoms with van der Waals surface area (Å²) >= 11 is 0. The zero-order valence-electron chi connectivity index (χ0n) is 14.7. The Hall–Kier alpha value is -2.69. The molecule has 0 aliphatic rings. The van der Waals surface area contributed by atoms with Crippen molar-refractivity contribution in [3.63, 3.8) is 0 Å². The van der Waals surface area contributed by atoms with E-state index in [0.29, 0.717) is 22.9 Å². The summed E-state index contributed by atoms with van der Waals surface area (Å²) < 4.78 is 16.2. The van der Waals surface area contributed by atoms with E-state index < -0.39 is 6.10 Å². The molecule has 1 N–H and O–H groups in total. The molecule has 0 radical (unpaired) electrons. The largest absolute Gasteiger partial charge is 0.493 e. The number of hydrogen-bond acceptors (Lipinski definition) is 4. The second-order valence-electron chi connectivity index (χ2n) is 5.52. The third kappa shape index (κ3) is 3.98. The van der Waals surface area contributed by atoms with E-state index >= 15 is 0 Å². The minimum Gasteiger partial charge on any atom is -0.493 e. The first kappa shape index (κ1) is 17.7. The Bertz CT molecular complexity index is 727. The van der Waals surface area contributed by atoms with Crippen molar-refractivity contribution in [3.8, 4) is 17.2 Å². The molecule has 2 rings (SSSR count). The Morgan fingerprint density at radius 3 is 2.38 bits per heavy atom. The number of amides is 1. The highest BCUT2D eigenvalue weighted by Gasteiger charge is 2.17. The lowest BCUT2D eigenvalue weighted by atomic mass is 10.1. The van der Waals surface area contributed by atoms with Gasteiger partial charge < -0.3 is 19.5 Å². The molecule has 128 valence electrons. The quantitative estimate of drug-likeness (QED) is 0.877. The van der Waals surface area contributed by atoms with E-state index in [1.54, 1.807) is 39.3 Å². The van der Waals surface area contributed by atoms with E-state index in [-0.39, 0.29) is 5.91 Å². The normalized spacial score (nSPS) is 11.5. The highest BCUT2D eigenvalue weighted by atomic mass is 16.5. The average molecular weight is 329 g/mol. The fourth-order valence-electron chi connectivity index (χ4n) is 2.25. The van der Waals surface area contributed by atoms with Crippen molar-refractivity contribution >= 4 is 11.6 Å². The topological polar surface area (TPSA) is 56.8 Å². The molecule has 2 aromatic carbocycles. The Balaban J connectivity index is 2.07. The monoisotopic (exact) mass is 329 g/mol. The van der Waals surface area contributed by atoms with Crippen LogP contribution in [0.2, 0.25) is 0 Å². The molecule has 1 atom stereocenters. The first-order valence-corrected chi connectivity index (χ1v) is 7.72. The number of aryl methyl sites for hydroxylation is 1. The van der Waals surface area contributed by atoms with Crippen LogP contribution < -0.4 is 19.5 Å². The number of rotatable bonds is 6. The maximum Gasteiger partial charge on any atom is 0.265 e. The van der Waals surface area contributed by atoms with Crippen molar-refractivity contribution < 1.29 is 19.0 Å². The van der Waals surface area contributed by atoms with Crippen molar-refractivity contribution in [2.45, 2.75) is 26.9 Å². The second kappa shape index (κ2) is 7.73. The molecule has 0 saturated heterocycles. The summed E-state index contributed by atoms with van der Waals surface area (Å²) in [6, 6.07) is 11.0. The molecular weight excluding hydrogens is 306 g/mol. The summed E-state index contributed by atoms with van der Waals surface area (Å²) in [5.41, 5.74) is 2.78. The first-order valence-electron chi connectivity index (χ1n) is 7.72. The van der Waals surface area contributed by atoms with Gasteiger partial charge in [0.15, 0.2) is 17.6 Å². The number of ether oxygens (including phenoxy) is 3. The summed E-state index contributed by atoms with van der Waals surface area (Å²) in [7, 11) is 3.12. The second-order valence-corrected chi connectivity index (χ2v) is 5.52. The van der Waals surface area contributed by atoms with Gasteiger partial charge in [-0.3, -0.25) is 4.79 Å². The van der Waals surface area contributed by atoms with Crippen LogP contribution in [0.25, 0.3) is 0 Å². The molecule has 0 fully saturated rings. The van der Waals surface area contributed by atoms with E-state index in [4.69, 9.17) is 14.2 Å². The zero-order valence-corrected chi connectivity index (χ0v) is 14.7. The van der Waals surface area contributed by atoms with Gasteiger partial charge >= 0.3 is 0 Å². The Morgan fingerprint density at radius 1 is 1.00 bits per heavy atom. The molecule has 0 aliphatic carbocycles. The predicted molar refractivity (Wildman–Crippen MR) is 94.2 cm³/mol. The summed E-state index contributed by atoms with van der Waals surface area (Å²) in [5, 5.41) is 2.82. The van der Waals surface area contributed by atoms with Gasteiger partial charge in [0.05, 0.1) is 14.2 Å². The van der Waals surface area contributed by atoms with Crippen molar-refractivity contribution in [2.24, 2.45) is 0 Å². The van der Waals surface area contributed by atoms with E-state index in [2.05, 4.69) is 5.32 Å². The molecule has 5 nitrogen and oxygen atoms in total. The lowest BCUT2D eigenvalue weighted by Crippen LogP contribution is -2.30. The maximum absolute atomic E-state index is 12.4. The summed E-state index contributed by atoms with van der Waals surface area (Å²) in [5.74, 6) is 1.64. The third-order valence-corrected chi connectivity index (χ3v) is 3.88. The van der Waals surface area contributed by atoms with Gasteiger partial charge in [0, 0.05) is 11.8 Å². The van der Waals surface area contributed by atoms with Crippen molar-refractivity contribution in [3.05, 3.63) is 47.5 Å². The van der Waals surface area contributed by atoms with Crippen LogP contribution in [0.4, 0.5) is 5.69 Å². The van der Waals surface area contributed by atoms with Gasteiger partial charge in [-0.15, -0.1) is 0 Å². The van der Waals surface area contributed by atoms with Crippen LogP contribution >= 0.6 is 0 Å². The van der Waals surface area contributed by atoms with E-state index in [1.165, 1.54) is 0 Å². The molecule has 24 heavy (non-hydrogen) atoms. The minimum absolute atomic E-state index is 0.233. The van der Waals surface area contributed by atoms with Crippen LogP contribution in [0.15, 0.2) is 36.4 Å². The van der Waals surface area contributed by atoms with Crippen LogP contribution in [0.3, 0.4) is 0 Å². The van der Waals surface area contributed by atoms with Gasteiger partial charge in [-0.1, -0.05) is 12.1 Å². The number of nitrogens with one attached hydrogen (secondary N) is 1. The lowest BCUT2D eigenvalue weighted by molar-refractivity contribution is -0.122. The van der Waals surface area contributed by atoms with Crippen LogP contribution in [0.5, 0.6) is 17.2 Å². The van der Waals surface area contributed by atoms with E-state index in [0.717, 1.165) is 11.1 Å². The van der Waals surface area contributed by atoms with Gasteiger partial charge in [-0.25, -0.2) is 0 Å². The standard InChI is InChI=1S/C19H23NO4/c1-12-7-6-8-16(13(12)2)24-14(3)19(21)20-15-9-10-17(22-4)18(11-15)23-5/h6-11,14H,1-5H3,(H,20,21)/t14-/m1/s1. The van der Waals surface area contributed by atoms with Gasteiger partial charge in [0.25, 0.3) is 5.91 Å². The SMILES string of the molecule is COc1ccc(NC(=O)[C@@H](C)Oc2cccc(C)c2C)cc1OC. The number of carbonyl (C=O) groups excluding carboxylic acids is 1. The molecule has 0 heterocycles. The molecule has 5 heteroatoms. The summed E-state index contributed by atoms with van der Waals surface area (Å²) in [4.78, 5) is 12.4. The number of anilines is 1. The minimum atomic E-state index is -0.626. The van der Waals surface area contributed by atoms with Gasteiger partial charge in [0.1, 0.15) is 5.75 Å². The Kier molecular flexibility index (Phi) is 5.68. The molecule has 1 amide bonds. The van der Waals surface area contributed by atoms with Crippen molar-refractivity contribution in [1.82, 2.24) is 0 Å². The highest BCUT2D eigenvalue weighted by Crippen LogP contribution is 2.30. The zero-order chi connectivity index (χ0) is 17.7. The summed E-state index contributed by atoms with van der Waals surface area (Å²) in [6.45, 7) is 5.71. The van der Waals surface area contributed by atoms with E-state index in [9.17, 15) is 4.79 Å². The van der Waals surface area contributed by atoms with Gasteiger partial charge in [-0.05, 0) is 50.1 Å². The highest BCUT2D eigenvalue weighted by molar-refractivity contribution is 5.94. The van der Waals surface area contributed by atoms with Gasteiger partial charge in [-0.2, -0.15) is 0 Å². The number of benzene rings is 2. The van der Waals surface area contributed by atoms with E-state index in [1.807, 2.05) is 32.0 Å². The average Bonchev–Trinajstić information content (AvgIpc) is 2.58. The molecule has 2 aromatic rings. The third-order valence-electron chi connectivity index (χ3n) is 3.88. The molecule has 0 bridgehead atoms. The summed E-state index contributed by atoms with van der Waals surface area (Å²) in [6.07, 6.45) is -0.626. The first-order chi connectivity index (χ1) is 11.5. The lowest BCUT2D eigenvalue weighted by Gasteiger charge is -2.17. The molecule has 0 spiro atoms. The molecular formula is C19H23NO4. The smallest absolute Gasteiger partial charge is 0.265 e. The predicted octanol–water partition coefficient (Wildman–Crippen LogP) is 3.73.